The van der Waals surface area contributed by atoms with Crippen LogP contribution in [0.15, 0.2) is 24.4 Å². The fourth-order valence-electron chi connectivity index (χ4n) is 5.39. The maximum atomic E-state index is 15.3. The molecule has 218 valence electrons. The molecule has 1 aromatic carbocycles. The summed E-state index contributed by atoms with van der Waals surface area (Å²) in [5.74, 6) is 0.268. The highest BCUT2D eigenvalue weighted by Crippen LogP contribution is 2.36. The van der Waals surface area contributed by atoms with Crippen LogP contribution < -0.4 is 15.5 Å². The van der Waals surface area contributed by atoms with E-state index in [-0.39, 0.29) is 23.3 Å². The Labute approximate surface area is 233 Å². The van der Waals surface area contributed by atoms with E-state index in [9.17, 15) is 23.5 Å². The Balaban J connectivity index is 1.45. The van der Waals surface area contributed by atoms with E-state index in [0.717, 1.165) is 12.5 Å². The number of aryl methyl sites for hydroxylation is 1. The zero-order chi connectivity index (χ0) is 29.6. The van der Waals surface area contributed by atoms with Crippen LogP contribution in [0.5, 0.6) is 0 Å². The Morgan fingerprint density at radius 2 is 1.78 bits per heavy atom. The number of piperidine rings is 1. The number of anilines is 3. The number of rotatable bonds is 7. The zero-order valence-corrected chi connectivity index (χ0v) is 22.9. The van der Waals surface area contributed by atoms with Crippen LogP contribution in [0.2, 0.25) is 0 Å². The molecule has 3 N–H and O–H groups in total. The topological polar surface area (TPSA) is 133 Å². The Morgan fingerprint density at radius 3 is 2.41 bits per heavy atom. The number of carbonyl (C=O) groups is 2. The number of hydrogen-bond acceptors (Lipinski definition) is 8. The lowest BCUT2D eigenvalue weighted by Gasteiger charge is -2.55. The standard InChI is InChI=1S/C27H30F3N7O4/c1-12(2)41-26(38)35-15-5-18(23(28)20(6-15)24(29)30)13(3)32-25-19-8-22(31-9-21(19)33-14(4)34-25)36-10-16-7-17(11-36)37(16)27(39)40/h5-6,8-9,12-13,16-17,24H,7,10-11H2,1-4H3,(H,35,38)(H,39,40)(H,32,33,34)/t13-,16?,17?/m1/s1. The number of carboxylic acid groups (broad SMARTS) is 1. The Morgan fingerprint density at radius 1 is 1.10 bits per heavy atom. The van der Waals surface area contributed by atoms with Crippen LogP contribution in [0, 0.1) is 12.7 Å². The monoisotopic (exact) mass is 573 g/mol. The summed E-state index contributed by atoms with van der Waals surface area (Å²) in [7, 11) is 0. The van der Waals surface area contributed by atoms with Crippen molar-refractivity contribution in [2.45, 2.75) is 64.8 Å². The highest BCUT2D eigenvalue weighted by molar-refractivity contribution is 5.91. The van der Waals surface area contributed by atoms with Gasteiger partial charge in [0.1, 0.15) is 23.3 Å². The second kappa shape index (κ2) is 10.9. The van der Waals surface area contributed by atoms with Crippen molar-refractivity contribution in [3.8, 4) is 0 Å². The van der Waals surface area contributed by atoms with Gasteiger partial charge >= 0.3 is 12.2 Å². The third-order valence-electron chi connectivity index (χ3n) is 7.19. The number of carbonyl (C=O) groups excluding carboxylic acids is 1. The smallest absolute Gasteiger partial charge is 0.411 e. The Kier molecular flexibility index (Phi) is 7.49. The first kappa shape index (κ1) is 28.2. The van der Waals surface area contributed by atoms with Crippen molar-refractivity contribution < 1.29 is 32.6 Å². The molecule has 14 heteroatoms. The lowest BCUT2D eigenvalue weighted by Crippen LogP contribution is -2.70. The third-order valence-corrected chi connectivity index (χ3v) is 7.19. The van der Waals surface area contributed by atoms with Gasteiger partial charge in [-0.15, -0.1) is 0 Å². The molecular weight excluding hydrogens is 543 g/mol. The number of pyridine rings is 1. The highest BCUT2D eigenvalue weighted by Gasteiger charge is 2.47. The zero-order valence-electron chi connectivity index (χ0n) is 22.9. The second-order valence-corrected chi connectivity index (χ2v) is 10.5. The Bertz CT molecular complexity index is 1490. The number of aromatic nitrogens is 3. The molecule has 3 atom stereocenters. The minimum atomic E-state index is -3.12. The number of benzene rings is 1. The van der Waals surface area contributed by atoms with Gasteiger partial charge in [0.15, 0.2) is 0 Å². The first-order chi connectivity index (χ1) is 19.4. The lowest BCUT2D eigenvalue weighted by atomic mass is 9.88. The van der Waals surface area contributed by atoms with Crippen LogP contribution >= 0.6 is 0 Å². The van der Waals surface area contributed by atoms with Crippen molar-refractivity contribution in [2.75, 3.05) is 28.6 Å². The maximum absolute atomic E-state index is 15.3. The summed E-state index contributed by atoms with van der Waals surface area (Å²) in [6, 6.07) is 2.87. The van der Waals surface area contributed by atoms with E-state index < -0.39 is 42.1 Å². The van der Waals surface area contributed by atoms with Crippen LogP contribution in [0.1, 0.15) is 56.6 Å². The summed E-state index contributed by atoms with van der Waals surface area (Å²) in [4.78, 5) is 40.5. The summed E-state index contributed by atoms with van der Waals surface area (Å²) < 4.78 is 47.8. The quantitative estimate of drug-likeness (QED) is 0.336. The molecule has 2 aromatic heterocycles. The minimum Gasteiger partial charge on any atom is -0.465 e. The van der Waals surface area contributed by atoms with Gasteiger partial charge in [-0.3, -0.25) is 10.2 Å². The number of amides is 2. The molecule has 3 aliphatic rings. The number of hydrogen-bond donors (Lipinski definition) is 3. The van der Waals surface area contributed by atoms with Crippen molar-refractivity contribution in [1.29, 1.82) is 0 Å². The molecule has 41 heavy (non-hydrogen) atoms. The molecule has 6 rings (SSSR count). The molecule has 2 unspecified atom stereocenters. The number of nitrogens with one attached hydrogen (secondary N) is 2. The lowest BCUT2D eigenvalue weighted by molar-refractivity contribution is 0.0112. The average molecular weight is 574 g/mol. The second-order valence-electron chi connectivity index (χ2n) is 10.5. The molecule has 2 amide bonds. The van der Waals surface area contributed by atoms with Crippen LogP contribution in [0.4, 0.5) is 40.1 Å². The summed E-state index contributed by atoms with van der Waals surface area (Å²) in [5.41, 5.74) is -0.479. The van der Waals surface area contributed by atoms with Crippen molar-refractivity contribution in [3.05, 3.63) is 47.2 Å². The molecule has 3 aliphatic heterocycles. The summed E-state index contributed by atoms with van der Waals surface area (Å²) in [6.45, 7) is 7.54. The summed E-state index contributed by atoms with van der Waals surface area (Å²) in [5, 5.41) is 15.5. The first-order valence-electron chi connectivity index (χ1n) is 13.2. The maximum Gasteiger partial charge on any atom is 0.411 e. The van der Waals surface area contributed by atoms with E-state index >= 15 is 4.39 Å². The molecular formula is C27H30F3N7O4. The molecule has 3 aromatic rings. The summed E-state index contributed by atoms with van der Waals surface area (Å²) >= 11 is 0. The number of nitrogens with zero attached hydrogens (tertiary/aromatic N) is 5. The molecule has 0 radical (unpaired) electrons. The number of alkyl halides is 2. The highest BCUT2D eigenvalue weighted by atomic mass is 19.3. The Hall–Kier alpha value is -4.36. The number of ether oxygens (including phenoxy) is 1. The van der Waals surface area contributed by atoms with Gasteiger partial charge in [0.2, 0.25) is 0 Å². The van der Waals surface area contributed by atoms with Gasteiger partial charge in [0.25, 0.3) is 6.43 Å². The van der Waals surface area contributed by atoms with E-state index in [1.54, 1.807) is 40.0 Å². The fourth-order valence-corrected chi connectivity index (χ4v) is 5.39. The number of piperazine rings is 1. The van der Waals surface area contributed by atoms with Gasteiger partial charge in [-0.05, 0) is 52.3 Å². The van der Waals surface area contributed by atoms with Crippen molar-refractivity contribution in [2.24, 2.45) is 0 Å². The fraction of sp³-hybridized carbons (Fsp3) is 0.444. The van der Waals surface area contributed by atoms with Crippen LogP contribution in [0.25, 0.3) is 10.9 Å². The van der Waals surface area contributed by atoms with E-state index in [1.807, 2.05) is 4.90 Å². The molecule has 2 bridgehead atoms. The van der Waals surface area contributed by atoms with E-state index in [1.165, 1.54) is 11.0 Å². The molecule has 3 saturated heterocycles. The van der Waals surface area contributed by atoms with Crippen molar-refractivity contribution in [1.82, 2.24) is 19.9 Å². The number of halogens is 3. The average Bonchev–Trinajstić information content (AvgIpc) is 2.88. The minimum absolute atomic E-state index is 0.0368. The molecule has 5 heterocycles. The normalized spacial score (nSPS) is 18.9. The SMILES string of the molecule is Cc1nc(N[C@H](C)c2cc(NC(=O)OC(C)C)cc(C(F)F)c2F)c2cc(N3CC4CC(C3)N4C(=O)O)ncc2n1. The molecule has 3 fully saturated rings. The van der Waals surface area contributed by atoms with E-state index in [0.29, 0.717) is 41.5 Å². The van der Waals surface area contributed by atoms with Crippen molar-refractivity contribution in [3.63, 3.8) is 0 Å². The molecule has 0 saturated carbocycles. The number of fused-ring (bicyclic) bond motifs is 3. The first-order valence-corrected chi connectivity index (χ1v) is 13.2. The molecule has 11 nitrogen and oxygen atoms in total. The largest absolute Gasteiger partial charge is 0.465 e. The molecule has 0 aliphatic carbocycles. The van der Waals surface area contributed by atoms with Gasteiger partial charge < -0.3 is 20.1 Å². The van der Waals surface area contributed by atoms with Gasteiger partial charge in [-0.2, -0.15) is 0 Å². The van der Waals surface area contributed by atoms with Gasteiger partial charge in [0.05, 0.1) is 41.5 Å². The van der Waals surface area contributed by atoms with Crippen LogP contribution in [-0.2, 0) is 4.74 Å². The van der Waals surface area contributed by atoms with Crippen molar-refractivity contribution >= 4 is 40.4 Å². The third kappa shape index (κ3) is 5.63. The van der Waals surface area contributed by atoms with Crippen LogP contribution in [0.3, 0.4) is 0 Å². The van der Waals surface area contributed by atoms with Gasteiger partial charge in [-0.25, -0.2) is 37.7 Å². The van der Waals surface area contributed by atoms with E-state index in [2.05, 4.69) is 25.6 Å². The predicted octanol–water partition coefficient (Wildman–Crippen LogP) is 5.48. The summed E-state index contributed by atoms with van der Waals surface area (Å²) in [6.07, 6.45) is -2.95. The van der Waals surface area contributed by atoms with Crippen LogP contribution in [-0.4, -0.2) is 68.4 Å². The molecule has 0 spiro atoms. The predicted molar refractivity (Wildman–Crippen MR) is 145 cm³/mol. The van der Waals surface area contributed by atoms with Gasteiger partial charge in [-0.1, -0.05) is 0 Å². The van der Waals surface area contributed by atoms with Gasteiger partial charge in [0, 0.05) is 29.7 Å². The van der Waals surface area contributed by atoms with E-state index in [4.69, 9.17) is 4.74 Å².